The van der Waals surface area contributed by atoms with E-state index in [1.165, 1.54) is 0 Å². The molecule has 0 aliphatic rings. The third-order valence-electron chi connectivity index (χ3n) is 1.53. The largest absolute Gasteiger partial charge is 0.506 e. The van der Waals surface area contributed by atoms with Gasteiger partial charge in [-0.25, -0.2) is 0 Å². The maximum absolute atomic E-state index is 9.36. The van der Waals surface area contributed by atoms with E-state index in [-0.39, 0.29) is 5.75 Å². The highest BCUT2D eigenvalue weighted by Crippen LogP contribution is 2.32. The van der Waals surface area contributed by atoms with E-state index in [0.717, 1.165) is 0 Å². The van der Waals surface area contributed by atoms with Gasteiger partial charge < -0.3 is 5.11 Å². The molecule has 1 N–H and O–H groups in total. The smallest absolute Gasteiger partial charge is 0.138 e. The molecule has 0 amide bonds. The van der Waals surface area contributed by atoms with Crippen molar-refractivity contribution in [1.82, 2.24) is 0 Å². The lowest BCUT2D eigenvalue weighted by Crippen LogP contribution is -1.83. The molecule has 0 aromatic heterocycles. The maximum Gasteiger partial charge on any atom is 0.138 e. The maximum atomic E-state index is 9.36. The molecule has 1 nitrogen and oxygen atoms in total. The predicted molar refractivity (Wildman–Crippen MR) is 47.5 cm³/mol. The van der Waals surface area contributed by atoms with Gasteiger partial charge in [-0.3, -0.25) is 0 Å². The summed E-state index contributed by atoms with van der Waals surface area (Å²) >= 11 is 11.4. The number of phenols is 1. The Balaban J connectivity index is 3.29. The standard InChI is InChI=1S/C8H8Cl2O/c1-2-5-6(9)3-4-7(10)8(5)11/h3-4,11H,2H2,1H3. The van der Waals surface area contributed by atoms with Crippen molar-refractivity contribution in [3.8, 4) is 5.75 Å². The van der Waals surface area contributed by atoms with E-state index in [2.05, 4.69) is 0 Å². The Hall–Kier alpha value is -0.400. The van der Waals surface area contributed by atoms with Crippen molar-refractivity contribution >= 4 is 23.2 Å². The van der Waals surface area contributed by atoms with Gasteiger partial charge in [-0.05, 0) is 18.6 Å². The SMILES string of the molecule is CCc1c(Cl)ccc(Cl)c1O. The van der Waals surface area contributed by atoms with Crippen LogP contribution in [0.1, 0.15) is 12.5 Å². The minimum Gasteiger partial charge on any atom is -0.506 e. The van der Waals surface area contributed by atoms with Crippen LogP contribution in [0.4, 0.5) is 0 Å². The van der Waals surface area contributed by atoms with Gasteiger partial charge in [-0.2, -0.15) is 0 Å². The summed E-state index contributed by atoms with van der Waals surface area (Å²) in [5, 5.41) is 10.3. The zero-order valence-electron chi connectivity index (χ0n) is 6.06. The lowest BCUT2D eigenvalue weighted by molar-refractivity contribution is 0.469. The molecule has 1 aromatic carbocycles. The number of halogens is 2. The van der Waals surface area contributed by atoms with Gasteiger partial charge in [0, 0.05) is 10.6 Å². The summed E-state index contributed by atoms with van der Waals surface area (Å²) in [5.41, 5.74) is 0.708. The molecule has 0 atom stereocenters. The van der Waals surface area contributed by atoms with E-state index in [0.29, 0.717) is 22.0 Å². The highest BCUT2D eigenvalue weighted by molar-refractivity contribution is 6.34. The van der Waals surface area contributed by atoms with E-state index in [1.54, 1.807) is 12.1 Å². The van der Waals surface area contributed by atoms with Gasteiger partial charge >= 0.3 is 0 Å². The quantitative estimate of drug-likeness (QED) is 0.722. The Morgan fingerprint density at radius 2 is 1.82 bits per heavy atom. The van der Waals surface area contributed by atoms with Crippen molar-refractivity contribution in [3.63, 3.8) is 0 Å². The highest BCUT2D eigenvalue weighted by Gasteiger charge is 2.07. The molecule has 1 aromatic rings. The van der Waals surface area contributed by atoms with Crippen LogP contribution in [0.3, 0.4) is 0 Å². The van der Waals surface area contributed by atoms with Gasteiger partial charge in [0.25, 0.3) is 0 Å². The molecule has 0 fully saturated rings. The van der Waals surface area contributed by atoms with Crippen LogP contribution in [-0.4, -0.2) is 5.11 Å². The average molecular weight is 191 g/mol. The van der Waals surface area contributed by atoms with Crippen LogP contribution in [0.5, 0.6) is 5.75 Å². The molecule has 0 radical (unpaired) electrons. The molecule has 11 heavy (non-hydrogen) atoms. The van der Waals surface area contributed by atoms with E-state index >= 15 is 0 Å². The molecular formula is C8H8Cl2O. The minimum atomic E-state index is 0.0988. The van der Waals surface area contributed by atoms with Gasteiger partial charge in [-0.15, -0.1) is 0 Å². The second kappa shape index (κ2) is 3.33. The summed E-state index contributed by atoms with van der Waals surface area (Å²) in [6.45, 7) is 1.91. The third-order valence-corrected chi connectivity index (χ3v) is 2.19. The fourth-order valence-electron chi connectivity index (χ4n) is 0.919. The van der Waals surface area contributed by atoms with E-state index < -0.39 is 0 Å². The summed E-state index contributed by atoms with van der Waals surface area (Å²) in [6, 6.07) is 3.26. The van der Waals surface area contributed by atoms with Crippen LogP contribution in [0.2, 0.25) is 10.0 Å². The molecule has 0 unspecified atom stereocenters. The monoisotopic (exact) mass is 190 g/mol. The van der Waals surface area contributed by atoms with Crippen LogP contribution in [0, 0.1) is 0 Å². The van der Waals surface area contributed by atoms with E-state index in [4.69, 9.17) is 23.2 Å². The zero-order valence-corrected chi connectivity index (χ0v) is 7.58. The fourth-order valence-corrected chi connectivity index (χ4v) is 1.38. The molecule has 0 saturated carbocycles. The molecule has 0 heterocycles. The Morgan fingerprint density at radius 1 is 1.27 bits per heavy atom. The Labute approximate surface area is 75.6 Å². The van der Waals surface area contributed by atoms with Crippen LogP contribution in [-0.2, 0) is 6.42 Å². The first-order valence-electron chi connectivity index (χ1n) is 3.32. The lowest BCUT2D eigenvalue weighted by Gasteiger charge is -2.04. The Bertz CT molecular complexity index is 271. The lowest BCUT2D eigenvalue weighted by atomic mass is 10.1. The van der Waals surface area contributed by atoms with E-state index in [1.807, 2.05) is 6.92 Å². The Kier molecular flexibility index (Phi) is 2.63. The molecule has 0 spiro atoms. The van der Waals surface area contributed by atoms with E-state index in [9.17, 15) is 5.11 Å². The first-order chi connectivity index (χ1) is 5.16. The second-order valence-corrected chi connectivity index (χ2v) is 3.02. The summed E-state index contributed by atoms with van der Waals surface area (Å²) in [5.74, 6) is 0.0988. The number of hydrogen-bond acceptors (Lipinski definition) is 1. The average Bonchev–Trinajstić information content (AvgIpc) is 1.99. The molecule has 0 saturated heterocycles. The van der Waals surface area contributed by atoms with Crippen molar-refractivity contribution in [1.29, 1.82) is 0 Å². The van der Waals surface area contributed by atoms with Crippen molar-refractivity contribution in [2.24, 2.45) is 0 Å². The normalized spacial score (nSPS) is 10.1. The first-order valence-corrected chi connectivity index (χ1v) is 4.08. The van der Waals surface area contributed by atoms with Gasteiger partial charge in [-0.1, -0.05) is 30.1 Å². The van der Waals surface area contributed by atoms with Crippen LogP contribution in [0.15, 0.2) is 12.1 Å². The first kappa shape index (κ1) is 8.69. The summed E-state index contributed by atoms with van der Waals surface area (Å²) in [7, 11) is 0. The predicted octanol–water partition coefficient (Wildman–Crippen LogP) is 3.26. The van der Waals surface area contributed by atoms with Gasteiger partial charge in [0.15, 0.2) is 0 Å². The summed E-state index contributed by atoms with van der Waals surface area (Å²) < 4.78 is 0. The van der Waals surface area contributed by atoms with Crippen molar-refractivity contribution in [2.75, 3.05) is 0 Å². The number of phenolic OH excluding ortho intramolecular Hbond substituents is 1. The third kappa shape index (κ3) is 1.60. The number of rotatable bonds is 1. The molecular weight excluding hydrogens is 183 g/mol. The molecule has 1 rings (SSSR count). The van der Waals surface area contributed by atoms with Gasteiger partial charge in [0.05, 0.1) is 5.02 Å². The summed E-state index contributed by atoms with van der Waals surface area (Å²) in [6.07, 6.45) is 0.686. The number of hydrogen-bond donors (Lipinski definition) is 1. The molecule has 0 bridgehead atoms. The van der Waals surface area contributed by atoms with Crippen LogP contribution < -0.4 is 0 Å². The van der Waals surface area contributed by atoms with Crippen molar-refractivity contribution < 1.29 is 5.11 Å². The zero-order chi connectivity index (χ0) is 8.43. The van der Waals surface area contributed by atoms with Crippen LogP contribution >= 0.6 is 23.2 Å². The number of aromatic hydroxyl groups is 1. The topological polar surface area (TPSA) is 20.2 Å². The fraction of sp³-hybridized carbons (Fsp3) is 0.250. The van der Waals surface area contributed by atoms with Gasteiger partial charge in [0.2, 0.25) is 0 Å². The van der Waals surface area contributed by atoms with Crippen molar-refractivity contribution in [2.45, 2.75) is 13.3 Å². The van der Waals surface area contributed by atoms with Crippen LogP contribution in [0.25, 0.3) is 0 Å². The molecule has 0 aliphatic heterocycles. The molecule has 0 aliphatic carbocycles. The molecule has 60 valence electrons. The highest BCUT2D eigenvalue weighted by atomic mass is 35.5. The summed E-state index contributed by atoms with van der Waals surface area (Å²) in [4.78, 5) is 0. The van der Waals surface area contributed by atoms with Crippen molar-refractivity contribution in [3.05, 3.63) is 27.7 Å². The molecule has 3 heteroatoms. The Morgan fingerprint density at radius 3 is 2.27 bits per heavy atom. The minimum absolute atomic E-state index is 0.0988. The second-order valence-electron chi connectivity index (χ2n) is 2.21. The number of benzene rings is 1. The van der Waals surface area contributed by atoms with Gasteiger partial charge in [0.1, 0.15) is 5.75 Å².